The molecule has 0 bridgehead atoms. The van der Waals surface area contributed by atoms with Crippen LogP contribution in [-0.4, -0.2) is 16.2 Å². The highest BCUT2D eigenvalue weighted by Crippen LogP contribution is 2.11. The van der Waals surface area contributed by atoms with Gasteiger partial charge in [-0.15, -0.1) is 0 Å². The Hall–Kier alpha value is -2.10. The van der Waals surface area contributed by atoms with E-state index in [4.69, 9.17) is 4.74 Å². The van der Waals surface area contributed by atoms with Crippen LogP contribution in [0.15, 0.2) is 35.1 Å². The zero-order valence-corrected chi connectivity index (χ0v) is 12.2. The number of nitrogens with zero attached hydrogens (tertiary/aromatic N) is 2. The highest BCUT2D eigenvalue weighted by Gasteiger charge is 2.05. The van der Waals surface area contributed by atoms with Gasteiger partial charge in [-0.2, -0.15) is 0 Å². The molecule has 1 aromatic carbocycles. The van der Waals surface area contributed by atoms with Crippen LogP contribution in [0.3, 0.4) is 0 Å². The highest BCUT2D eigenvalue weighted by molar-refractivity contribution is 5.26. The molecule has 20 heavy (non-hydrogen) atoms. The molecule has 0 aliphatic carbocycles. The predicted molar refractivity (Wildman–Crippen MR) is 79.3 cm³/mol. The van der Waals surface area contributed by atoms with E-state index in [1.165, 1.54) is 5.56 Å². The standard InChI is InChI=1S/C16H20N2O2/c1-4-15-17-13(3)11-16(19)18(15)9-10-20-14-7-5-12(2)6-8-14/h5-8,11H,4,9-10H2,1-3H3. The minimum atomic E-state index is -0.0122. The van der Waals surface area contributed by atoms with Crippen LogP contribution in [0.5, 0.6) is 5.75 Å². The lowest BCUT2D eigenvalue weighted by Crippen LogP contribution is -2.27. The lowest BCUT2D eigenvalue weighted by Gasteiger charge is -2.12. The Morgan fingerprint density at radius 1 is 1.20 bits per heavy atom. The third-order valence-corrected chi connectivity index (χ3v) is 3.14. The molecule has 106 valence electrons. The van der Waals surface area contributed by atoms with E-state index in [-0.39, 0.29) is 5.56 Å². The lowest BCUT2D eigenvalue weighted by molar-refractivity contribution is 0.293. The van der Waals surface area contributed by atoms with Crippen molar-refractivity contribution in [3.8, 4) is 5.75 Å². The van der Waals surface area contributed by atoms with Gasteiger partial charge < -0.3 is 4.74 Å². The van der Waals surface area contributed by atoms with Gasteiger partial charge in [0.2, 0.25) is 0 Å². The maximum absolute atomic E-state index is 12.0. The Bertz CT molecular complexity index is 630. The maximum atomic E-state index is 12.0. The first-order valence-electron chi connectivity index (χ1n) is 6.87. The van der Waals surface area contributed by atoms with Crippen LogP contribution < -0.4 is 10.3 Å². The maximum Gasteiger partial charge on any atom is 0.253 e. The van der Waals surface area contributed by atoms with Gasteiger partial charge in [0.25, 0.3) is 5.56 Å². The van der Waals surface area contributed by atoms with Crippen molar-refractivity contribution in [1.29, 1.82) is 0 Å². The van der Waals surface area contributed by atoms with E-state index in [1.54, 1.807) is 10.6 Å². The summed E-state index contributed by atoms with van der Waals surface area (Å²) < 4.78 is 7.34. The summed E-state index contributed by atoms with van der Waals surface area (Å²) in [5.74, 6) is 1.63. The van der Waals surface area contributed by atoms with E-state index in [9.17, 15) is 4.79 Å². The molecule has 1 aromatic heterocycles. The predicted octanol–water partition coefficient (Wildman–Crippen LogP) is 2.50. The van der Waals surface area contributed by atoms with E-state index >= 15 is 0 Å². The van der Waals surface area contributed by atoms with Gasteiger partial charge in [0, 0.05) is 18.2 Å². The average molecular weight is 272 g/mol. The summed E-state index contributed by atoms with van der Waals surface area (Å²) in [5.41, 5.74) is 1.95. The van der Waals surface area contributed by atoms with Crippen LogP contribution in [0.25, 0.3) is 0 Å². The van der Waals surface area contributed by atoms with Gasteiger partial charge >= 0.3 is 0 Å². The lowest BCUT2D eigenvalue weighted by atomic mass is 10.2. The first-order chi connectivity index (χ1) is 9.60. The van der Waals surface area contributed by atoms with Gasteiger partial charge in [0.1, 0.15) is 18.2 Å². The summed E-state index contributed by atoms with van der Waals surface area (Å²) in [7, 11) is 0. The monoisotopic (exact) mass is 272 g/mol. The van der Waals surface area contributed by atoms with Gasteiger partial charge in [-0.05, 0) is 26.0 Å². The van der Waals surface area contributed by atoms with Crippen LogP contribution in [0.1, 0.15) is 24.0 Å². The molecule has 0 aliphatic rings. The zero-order valence-electron chi connectivity index (χ0n) is 12.2. The molecule has 4 heteroatoms. The molecule has 0 amide bonds. The molecule has 2 aromatic rings. The Balaban J connectivity index is 2.04. The van der Waals surface area contributed by atoms with Crippen molar-refractivity contribution >= 4 is 0 Å². The highest BCUT2D eigenvalue weighted by atomic mass is 16.5. The number of benzene rings is 1. The molecule has 1 heterocycles. The summed E-state index contributed by atoms with van der Waals surface area (Å²) in [6.07, 6.45) is 0.738. The van der Waals surface area contributed by atoms with E-state index < -0.39 is 0 Å². The van der Waals surface area contributed by atoms with Gasteiger partial charge in [-0.25, -0.2) is 4.98 Å². The van der Waals surface area contributed by atoms with Gasteiger partial charge in [-0.3, -0.25) is 9.36 Å². The van der Waals surface area contributed by atoms with Crippen LogP contribution >= 0.6 is 0 Å². The molecular formula is C16H20N2O2. The Morgan fingerprint density at radius 2 is 1.90 bits per heavy atom. The van der Waals surface area contributed by atoms with E-state index in [0.29, 0.717) is 13.2 Å². The number of ether oxygens (including phenoxy) is 1. The van der Waals surface area contributed by atoms with Crippen molar-refractivity contribution < 1.29 is 4.74 Å². The van der Waals surface area contributed by atoms with Crippen LogP contribution in [0.4, 0.5) is 0 Å². The fourth-order valence-electron chi connectivity index (χ4n) is 2.08. The third-order valence-electron chi connectivity index (χ3n) is 3.14. The van der Waals surface area contributed by atoms with Crippen LogP contribution in [-0.2, 0) is 13.0 Å². The van der Waals surface area contributed by atoms with E-state index in [0.717, 1.165) is 23.7 Å². The normalized spacial score (nSPS) is 10.6. The van der Waals surface area contributed by atoms with E-state index in [2.05, 4.69) is 4.98 Å². The third kappa shape index (κ3) is 3.47. The molecule has 4 nitrogen and oxygen atoms in total. The van der Waals surface area contributed by atoms with Gasteiger partial charge in [0.15, 0.2) is 0 Å². The molecule has 0 N–H and O–H groups in total. The number of rotatable bonds is 5. The Morgan fingerprint density at radius 3 is 2.55 bits per heavy atom. The summed E-state index contributed by atoms with van der Waals surface area (Å²) in [6.45, 7) is 6.85. The first-order valence-corrected chi connectivity index (χ1v) is 6.87. The average Bonchev–Trinajstić information content (AvgIpc) is 2.42. The zero-order chi connectivity index (χ0) is 14.5. The Kier molecular flexibility index (Phi) is 4.56. The summed E-state index contributed by atoms with van der Waals surface area (Å²) in [6, 6.07) is 9.45. The van der Waals surface area contributed by atoms with Crippen LogP contribution in [0.2, 0.25) is 0 Å². The van der Waals surface area contributed by atoms with Crippen molar-refractivity contribution in [2.75, 3.05) is 6.61 Å². The van der Waals surface area contributed by atoms with Crippen molar-refractivity contribution in [3.05, 3.63) is 57.8 Å². The van der Waals surface area contributed by atoms with Gasteiger partial charge in [-0.1, -0.05) is 24.6 Å². The van der Waals surface area contributed by atoms with Crippen molar-refractivity contribution in [1.82, 2.24) is 9.55 Å². The minimum Gasteiger partial charge on any atom is -0.492 e. The summed E-state index contributed by atoms with van der Waals surface area (Å²) in [5, 5.41) is 0. The molecule has 0 saturated carbocycles. The largest absolute Gasteiger partial charge is 0.492 e. The second-order valence-corrected chi connectivity index (χ2v) is 4.82. The molecule has 0 saturated heterocycles. The molecule has 0 fully saturated rings. The smallest absolute Gasteiger partial charge is 0.253 e. The molecule has 0 radical (unpaired) electrons. The first kappa shape index (κ1) is 14.3. The molecular weight excluding hydrogens is 252 g/mol. The van der Waals surface area contributed by atoms with E-state index in [1.807, 2.05) is 45.0 Å². The topological polar surface area (TPSA) is 44.1 Å². The molecule has 2 rings (SSSR count). The van der Waals surface area contributed by atoms with Gasteiger partial charge in [0.05, 0.1) is 6.54 Å². The van der Waals surface area contributed by atoms with Crippen LogP contribution in [0, 0.1) is 13.8 Å². The second kappa shape index (κ2) is 6.37. The summed E-state index contributed by atoms with van der Waals surface area (Å²) >= 11 is 0. The van der Waals surface area contributed by atoms with Crippen molar-refractivity contribution in [3.63, 3.8) is 0 Å². The molecule has 0 spiro atoms. The Labute approximate surface area is 119 Å². The van der Waals surface area contributed by atoms with Crippen molar-refractivity contribution in [2.45, 2.75) is 33.7 Å². The minimum absolute atomic E-state index is 0.0122. The number of aromatic nitrogens is 2. The number of hydrogen-bond donors (Lipinski definition) is 0. The SMILES string of the molecule is CCc1nc(C)cc(=O)n1CCOc1ccc(C)cc1. The summed E-state index contributed by atoms with van der Waals surface area (Å²) in [4.78, 5) is 16.4. The number of hydrogen-bond acceptors (Lipinski definition) is 3. The molecule has 0 atom stereocenters. The van der Waals surface area contributed by atoms with Crippen molar-refractivity contribution in [2.24, 2.45) is 0 Å². The fourth-order valence-corrected chi connectivity index (χ4v) is 2.08. The molecule has 0 aliphatic heterocycles. The second-order valence-electron chi connectivity index (χ2n) is 4.82. The molecule has 0 unspecified atom stereocenters. The quantitative estimate of drug-likeness (QED) is 0.840. The number of aryl methyl sites for hydroxylation is 3. The fraction of sp³-hybridized carbons (Fsp3) is 0.375.